The molecule has 1 aliphatic heterocycles. The molecular weight excluding hydrogens is 257 g/mol. The van der Waals surface area contributed by atoms with E-state index in [9.17, 15) is 13.2 Å². The number of aromatic nitrogens is 1. The van der Waals surface area contributed by atoms with Crippen LogP contribution < -0.4 is 5.73 Å². The molecule has 2 atom stereocenters. The zero-order valence-corrected chi connectivity index (χ0v) is 10.5. The van der Waals surface area contributed by atoms with Crippen LogP contribution in [0.2, 0.25) is 0 Å². The fourth-order valence-corrected chi connectivity index (χ4v) is 2.36. The zero-order valence-electron chi connectivity index (χ0n) is 10.5. The molecule has 2 heterocycles. The van der Waals surface area contributed by atoms with Crippen LogP contribution >= 0.6 is 0 Å². The Morgan fingerprint density at radius 1 is 1.42 bits per heavy atom. The number of ether oxygens (including phenoxy) is 1. The van der Waals surface area contributed by atoms with Crippen LogP contribution in [0.5, 0.6) is 0 Å². The molecule has 0 saturated carbocycles. The van der Waals surface area contributed by atoms with E-state index in [1.54, 1.807) is 0 Å². The first kappa shape index (κ1) is 14.3. The minimum absolute atomic E-state index is 0.0455. The number of nitrogens with two attached hydrogens (primary N) is 1. The molecular formula is C13H17F3N2O. The van der Waals surface area contributed by atoms with Gasteiger partial charge in [-0.2, -0.15) is 13.2 Å². The molecule has 1 aliphatic rings. The van der Waals surface area contributed by atoms with Crippen molar-refractivity contribution in [2.75, 3.05) is 6.61 Å². The molecule has 0 radical (unpaired) electrons. The van der Waals surface area contributed by atoms with Gasteiger partial charge in [0, 0.05) is 25.0 Å². The van der Waals surface area contributed by atoms with Gasteiger partial charge in [-0.1, -0.05) is 0 Å². The molecule has 0 bridgehead atoms. The van der Waals surface area contributed by atoms with Crippen molar-refractivity contribution in [1.29, 1.82) is 0 Å². The summed E-state index contributed by atoms with van der Waals surface area (Å²) in [5.74, 6) is 0. The van der Waals surface area contributed by atoms with Crippen molar-refractivity contribution in [3.63, 3.8) is 0 Å². The van der Waals surface area contributed by atoms with Crippen LogP contribution in [-0.2, 0) is 10.9 Å². The van der Waals surface area contributed by atoms with Gasteiger partial charge in [-0.15, -0.1) is 0 Å². The van der Waals surface area contributed by atoms with E-state index >= 15 is 0 Å². The molecule has 0 aliphatic carbocycles. The second kappa shape index (κ2) is 5.88. The van der Waals surface area contributed by atoms with Crippen molar-refractivity contribution in [3.05, 3.63) is 29.6 Å². The number of hydrogen-bond acceptors (Lipinski definition) is 3. The molecule has 0 spiro atoms. The van der Waals surface area contributed by atoms with E-state index in [1.807, 2.05) is 0 Å². The number of nitrogens with zero attached hydrogens (tertiary/aromatic N) is 1. The fraction of sp³-hybridized carbons (Fsp3) is 0.615. The van der Waals surface area contributed by atoms with E-state index in [1.165, 1.54) is 6.20 Å². The first-order valence-corrected chi connectivity index (χ1v) is 6.37. The molecule has 1 saturated heterocycles. The number of pyridine rings is 1. The molecule has 6 heteroatoms. The normalized spacial score (nSPS) is 22.2. The van der Waals surface area contributed by atoms with Gasteiger partial charge >= 0.3 is 6.18 Å². The molecule has 1 aromatic heterocycles. The van der Waals surface area contributed by atoms with E-state index in [2.05, 4.69) is 4.98 Å². The zero-order chi connectivity index (χ0) is 13.9. The topological polar surface area (TPSA) is 48.1 Å². The molecule has 106 valence electrons. The summed E-state index contributed by atoms with van der Waals surface area (Å²) >= 11 is 0. The summed E-state index contributed by atoms with van der Waals surface area (Å²) in [7, 11) is 0. The molecule has 2 rings (SSSR count). The third kappa shape index (κ3) is 3.67. The molecule has 0 amide bonds. The third-order valence-electron chi connectivity index (χ3n) is 3.35. The van der Waals surface area contributed by atoms with Gasteiger partial charge in [-0.25, -0.2) is 0 Å². The first-order valence-electron chi connectivity index (χ1n) is 6.37. The Hall–Kier alpha value is -1.14. The Kier molecular flexibility index (Phi) is 4.42. The Morgan fingerprint density at radius 3 is 2.84 bits per heavy atom. The quantitative estimate of drug-likeness (QED) is 0.921. The van der Waals surface area contributed by atoms with E-state index in [4.69, 9.17) is 10.5 Å². The number of rotatable bonds is 3. The summed E-state index contributed by atoms with van der Waals surface area (Å²) in [5, 5.41) is 0. The van der Waals surface area contributed by atoms with Gasteiger partial charge < -0.3 is 10.5 Å². The Bertz CT molecular complexity index is 417. The van der Waals surface area contributed by atoms with Gasteiger partial charge in [-0.3, -0.25) is 4.98 Å². The molecule has 0 aromatic carbocycles. The number of hydrogen-bond donors (Lipinski definition) is 1. The van der Waals surface area contributed by atoms with Crippen LogP contribution in [0.1, 0.15) is 42.9 Å². The highest BCUT2D eigenvalue weighted by Crippen LogP contribution is 2.35. The Balaban J connectivity index is 2.12. The van der Waals surface area contributed by atoms with E-state index < -0.39 is 17.8 Å². The van der Waals surface area contributed by atoms with Gasteiger partial charge in [0.15, 0.2) is 0 Å². The lowest BCUT2D eigenvalue weighted by atomic mass is 9.95. The lowest BCUT2D eigenvalue weighted by Gasteiger charge is -2.26. The second-order valence-electron chi connectivity index (χ2n) is 4.79. The van der Waals surface area contributed by atoms with Crippen LogP contribution in [-0.4, -0.2) is 17.7 Å². The van der Waals surface area contributed by atoms with E-state index in [0.717, 1.165) is 31.5 Å². The highest BCUT2D eigenvalue weighted by molar-refractivity contribution is 5.29. The van der Waals surface area contributed by atoms with Gasteiger partial charge in [0.05, 0.1) is 11.7 Å². The number of alkyl halides is 3. The maximum absolute atomic E-state index is 12.9. The SMILES string of the molecule is NC(CC1CCCCO1)c1cnccc1C(F)(F)F. The average molecular weight is 274 g/mol. The molecule has 1 aromatic rings. The van der Waals surface area contributed by atoms with Crippen LogP contribution in [0.15, 0.2) is 18.5 Å². The maximum atomic E-state index is 12.9. The summed E-state index contributed by atoms with van der Waals surface area (Å²) in [4.78, 5) is 3.75. The maximum Gasteiger partial charge on any atom is 0.416 e. The van der Waals surface area contributed by atoms with Gasteiger partial charge in [0.25, 0.3) is 0 Å². The number of halogens is 3. The third-order valence-corrected chi connectivity index (χ3v) is 3.35. The molecule has 1 fully saturated rings. The van der Waals surface area contributed by atoms with Crippen molar-refractivity contribution in [2.24, 2.45) is 5.73 Å². The van der Waals surface area contributed by atoms with Crippen LogP contribution in [0.3, 0.4) is 0 Å². The highest BCUT2D eigenvalue weighted by atomic mass is 19.4. The average Bonchev–Trinajstić information content (AvgIpc) is 2.39. The Labute approximate surface area is 110 Å². The predicted octanol–water partition coefficient (Wildman–Crippen LogP) is 3.06. The minimum atomic E-state index is -4.40. The lowest BCUT2D eigenvalue weighted by Crippen LogP contribution is -2.26. The molecule has 19 heavy (non-hydrogen) atoms. The van der Waals surface area contributed by atoms with E-state index in [0.29, 0.717) is 13.0 Å². The van der Waals surface area contributed by atoms with Crippen LogP contribution in [0.25, 0.3) is 0 Å². The molecule has 3 nitrogen and oxygen atoms in total. The smallest absolute Gasteiger partial charge is 0.378 e. The van der Waals surface area contributed by atoms with Crippen molar-refractivity contribution < 1.29 is 17.9 Å². The van der Waals surface area contributed by atoms with Crippen molar-refractivity contribution in [1.82, 2.24) is 4.98 Å². The van der Waals surface area contributed by atoms with Crippen molar-refractivity contribution in [3.8, 4) is 0 Å². The summed E-state index contributed by atoms with van der Waals surface area (Å²) in [6, 6.07) is 0.269. The highest BCUT2D eigenvalue weighted by Gasteiger charge is 2.35. The standard InChI is InChI=1S/C13H17F3N2O/c14-13(15,16)11-4-5-18-8-10(11)12(17)7-9-3-1-2-6-19-9/h4-5,8-9,12H,1-3,6-7,17H2. The second-order valence-corrected chi connectivity index (χ2v) is 4.79. The summed E-state index contributed by atoms with van der Waals surface area (Å²) < 4.78 is 44.1. The predicted molar refractivity (Wildman–Crippen MR) is 64.4 cm³/mol. The molecule has 2 unspecified atom stereocenters. The van der Waals surface area contributed by atoms with Crippen molar-refractivity contribution in [2.45, 2.75) is 44.0 Å². The van der Waals surface area contributed by atoms with Gasteiger partial charge in [-0.05, 0) is 37.3 Å². The van der Waals surface area contributed by atoms with E-state index in [-0.39, 0.29) is 11.7 Å². The van der Waals surface area contributed by atoms with Gasteiger partial charge in [0.2, 0.25) is 0 Å². The first-order chi connectivity index (χ1) is 8.98. The minimum Gasteiger partial charge on any atom is -0.378 e. The monoisotopic (exact) mass is 274 g/mol. The lowest BCUT2D eigenvalue weighted by molar-refractivity contribution is -0.138. The molecule has 2 N–H and O–H groups in total. The summed E-state index contributed by atoms with van der Waals surface area (Å²) in [5.41, 5.74) is 5.25. The fourth-order valence-electron chi connectivity index (χ4n) is 2.36. The van der Waals surface area contributed by atoms with Crippen LogP contribution in [0.4, 0.5) is 13.2 Å². The Morgan fingerprint density at radius 2 is 2.21 bits per heavy atom. The van der Waals surface area contributed by atoms with Gasteiger partial charge in [0.1, 0.15) is 0 Å². The van der Waals surface area contributed by atoms with Crippen molar-refractivity contribution >= 4 is 0 Å². The summed E-state index contributed by atoms with van der Waals surface area (Å²) in [6.45, 7) is 0.663. The summed E-state index contributed by atoms with van der Waals surface area (Å²) in [6.07, 6.45) is 1.19. The largest absolute Gasteiger partial charge is 0.416 e. The van der Waals surface area contributed by atoms with Crippen LogP contribution in [0, 0.1) is 0 Å².